The first-order valence-corrected chi connectivity index (χ1v) is 11.7. The molecule has 1 aliphatic rings. The molecule has 4 rings (SSSR count). The second kappa shape index (κ2) is 8.28. The molecule has 32 heavy (non-hydrogen) atoms. The minimum Gasteiger partial charge on any atom is -0.496 e. The number of aromatic nitrogens is 1. The summed E-state index contributed by atoms with van der Waals surface area (Å²) in [4.78, 5) is 29.4. The molecule has 0 atom stereocenters. The molecule has 0 fully saturated rings. The fourth-order valence-corrected chi connectivity index (χ4v) is 6.58. The van der Waals surface area contributed by atoms with Crippen LogP contribution in [0.2, 0.25) is 0 Å². The molecular formula is C20H20N4O6S2. The predicted molar refractivity (Wildman–Crippen MR) is 118 cm³/mol. The third-order valence-electron chi connectivity index (χ3n) is 5.05. The van der Waals surface area contributed by atoms with Gasteiger partial charge in [-0.1, -0.05) is 18.2 Å². The normalized spacial score (nSPS) is 15.0. The number of methoxy groups -OCH3 is 1. The number of para-hydroxylation sites is 1. The number of rotatable bonds is 7. The van der Waals surface area contributed by atoms with Gasteiger partial charge < -0.3 is 14.9 Å². The van der Waals surface area contributed by atoms with Gasteiger partial charge in [-0.15, -0.1) is 11.3 Å². The van der Waals surface area contributed by atoms with Crippen molar-refractivity contribution < 1.29 is 27.2 Å². The van der Waals surface area contributed by atoms with Gasteiger partial charge in [-0.25, -0.2) is 13.6 Å². The molecule has 3 heterocycles. The summed E-state index contributed by atoms with van der Waals surface area (Å²) < 4.78 is 39.1. The molecule has 0 aliphatic carbocycles. The molecule has 2 N–H and O–H groups in total. The first-order valence-electron chi connectivity index (χ1n) is 9.54. The van der Waals surface area contributed by atoms with Gasteiger partial charge in [0.05, 0.1) is 23.7 Å². The van der Waals surface area contributed by atoms with Gasteiger partial charge in [0.1, 0.15) is 23.6 Å². The summed E-state index contributed by atoms with van der Waals surface area (Å²) in [6.07, 6.45) is 3.17. The zero-order valence-electron chi connectivity index (χ0n) is 17.3. The molecule has 0 saturated carbocycles. The predicted octanol–water partition coefficient (Wildman–Crippen LogP) is 1.96. The first-order chi connectivity index (χ1) is 15.3. The number of thiophene rings is 1. The maximum Gasteiger partial charge on any atom is 0.330 e. The summed E-state index contributed by atoms with van der Waals surface area (Å²) >= 11 is 1.10. The van der Waals surface area contributed by atoms with Crippen LogP contribution in [0.4, 0.5) is 5.00 Å². The lowest BCUT2D eigenvalue weighted by atomic mass is 10.1. The van der Waals surface area contributed by atoms with Crippen LogP contribution in [0.25, 0.3) is 10.8 Å². The van der Waals surface area contributed by atoms with E-state index in [0.29, 0.717) is 26.9 Å². The van der Waals surface area contributed by atoms with E-state index in [0.717, 1.165) is 21.2 Å². The fourth-order valence-electron chi connectivity index (χ4n) is 3.56. The second-order valence-corrected chi connectivity index (χ2v) is 9.77. The number of hydrogen-bond acceptors (Lipinski definition) is 8. The van der Waals surface area contributed by atoms with Crippen molar-refractivity contribution in [2.75, 3.05) is 24.5 Å². The molecule has 0 saturated heterocycles. The largest absolute Gasteiger partial charge is 0.496 e. The lowest BCUT2D eigenvalue weighted by Crippen LogP contribution is -2.53. The summed E-state index contributed by atoms with van der Waals surface area (Å²) in [7, 11) is -2.81. The summed E-state index contributed by atoms with van der Waals surface area (Å²) in [5.74, 6) is -0.844. The topological polar surface area (TPSA) is 136 Å². The number of oxazole rings is 1. The molecule has 0 spiro atoms. The van der Waals surface area contributed by atoms with Crippen molar-refractivity contribution in [1.29, 1.82) is 0 Å². The van der Waals surface area contributed by atoms with Gasteiger partial charge in [-0.3, -0.25) is 9.59 Å². The quantitative estimate of drug-likeness (QED) is 0.550. The third kappa shape index (κ3) is 3.60. The van der Waals surface area contributed by atoms with Crippen molar-refractivity contribution in [1.82, 2.24) is 9.29 Å². The van der Waals surface area contributed by atoms with Crippen LogP contribution in [-0.4, -0.2) is 49.7 Å². The number of hydrogen-bond donors (Lipinski definition) is 1. The van der Waals surface area contributed by atoms with E-state index < -0.39 is 28.6 Å². The van der Waals surface area contributed by atoms with Gasteiger partial charge in [0.15, 0.2) is 0 Å². The number of amides is 2. The zero-order valence-corrected chi connectivity index (χ0v) is 18.9. The number of anilines is 1. The Hall–Kier alpha value is -3.38. The van der Waals surface area contributed by atoms with E-state index in [-0.39, 0.29) is 23.0 Å². The van der Waals surface area contributed by atoms with Gasteiger partial charge >= 0.3 is 10.2 Å². The van der Waals surface area contributed by atoms with Gasteiger partial charge in [-0.2, -0.15) is 8.42 Å². The van der Waals surface area contributed by atoms with Crippen molar-refractivity contribution in [3.05, 3.63) is 53.4 Å². The molecule has 0 bridgehead atoms. The number of primary amides is 1. The van der Waals surface area contributed by atoms with E-state index in [2.05, 4.69) is 4.98 Å². The monoisotopic (exact) mass is 476 g/mol. The molecule has 10 nitrogen and oxygen atoms in total. The Bertz CT molecular complexity index is 1280. The molecule has 0 unspecified atom stereocenters. The SMILES string of the molecule is COc1ccccc1CCN1c2sc(-c3ncco3)c(C)c2C(=O)N(CC(N)=O)S1(=O)=O. The summed E-state index contributed by atoms with van der Waals surface area (Å²) in [6, 6.07) is 7.26. The number of benzene rings is 1. The molecule has 12 heteroatoms. The number of fused-ring (bicyclic) bond motifs is 1. The number of carbonyl (C=O) groups excluding carboxylic acids is 2. The Labute approximate surface area is 188 Å². The van der Waals surface area contributed by atoms with E-state index in [4.69, 9.17) is 14.9 Å². The molecule has 2 aromatic heterocycles. The van der Waals surface area contributed by atoms with E-state index in [1.54, 1.807) is 13.0 Å². The third-order valence-corrected chi connectivity index (χ3v) is 8.25. The van der Waals surface area contributed by atoms with Crippen LogP contribution in [0, 0.1) is 6.92 Å². The maximum atomic E-state index is 13.4. The van der Waals surface area contributed by atoms with Crippen LogP contribution in [0.15, 0.2) is 41.1 Å². The van der Waals surface area contributed by atoms with Crippen LogP contribution < -0.4 is 14.8 Å². The molecule has 3 aromatic rings. The number of nitrogens with zero attached hydrogens (tertiary/aromatic N) is 3. The van der Waals surface area contributed by atoms with Crippen molar-refractivity contribution in [2.45, 2.75) is 13.3 Å². The highest BCUT2D eigenvalue weighted by molar-refractivity contribution is 7.91. The van der Waals surface area contributed by atoms with Gasteiger partial charge in [0.2, 0.25) is 11.8 Å². The van der Waals surface area contributed by atoms with Gasteiger partial charge in [0, 0.05) is 6.54 Å². The van der Waals surface area contributed by atoms with Crippen molar-refractivity contribution in [2.24, 2.45) is 5.73 Å². The Kier molecular flexibility index (Phi) is 5.65. The van der Waals surface area contributed by atoms with E-state index in [9.17, 15) is 18.0 Å². The molecule has 1 aliphatic heterocycles. The lowest BCUT2D eigenvalue weighted by Gasteiger charge is -2.34. The van der Waals surface area contributed by atoms with Crippen molar-refractivity contribution in [3.8, 4) is 16.5 Å². The van der Waals surface area contributed by atoms with Crippen LogP contribution in [-0.2, 0) is 21.4 Å². The van der Waals surface area contributed by atoms with E-state index >= 15 is 0 Å². The second-order valence-electron chi connectivity index (χ2n) is 6.99. The smallest absolute Gasteiger partial charge is 0.330 e. The van der Waals surface area contributed by atoms with E-state index in [1.807, 2.05) is 18.2 Å². The van der Waals surface area contributed by atoms with Crippen molar-refractivity contribution >= 4 is 38.4 Å². The highest BCUT2D eigenvalue weighted by Gasteiger charge is 2.45. The van der Waals surface area contributed by atoms with Crippen LogP contribution in [0.1, 0.15) is 21.5 Å². The highest BCUT2D eigenvalue weighted by atomic mass is 32.2. The Morgan fingerprint density at radius 1 is 1.28 bits per heavy atom. The number of nitrogens with two attached hydrogens (primary N) is 1. The molecule has 1 aromatic carbocycles. The van der Waals surface area contributed by atoms with Crippen LogP contribution in [0.3, 0.4) is 0 Å². The molecule has 0 radical (unpaired) electrons. The maximum absolute atomic E-state index is 13.4. The highest BCUT2D eigenvalue weighted by Crippen LogP contribution is 2.46. The number of carbonyl (C=O) groups is 2. The fraction of sp³-hybridized carbons (Fsp3) is 0.250. The summed E-state index contributed by atoms with van der Waals surface area (Å²) in [6.45, 7) is 0.949. The van der Waals surface area contributed by atoms with Gasteiger partial charge in [0.25, 0.3) is 5.91 Å². The average Bonchev–Trinajstić information content (AvgIpc) is 3.39. The summed E-state index contributed by atoms with van der Waals surface area (Å²) in [5, 5.41) is 0.247. The first kappa shape index (κ1) is 21.8. The van der Waals surface area contributed by atoms with Crippen LogP contribution in [0.5, 0.6) is 5.75 Å². The summed E-state index contributed by atoms with van der Waals surface area (Å²) in [5.41, 5.74) is 6.74. The molecule has 2 amide bonds. The Morgan fingerprint density at radius 3 is 2.69 bits per heavy atom. The molecule has 168 valence electrons. The van der Waals surface area contributed by atoms with Crippen molar-refractivity contribution in [3.63, 3.8) is 0 Å². The van der Waals surface area contributed by atoms with Crippen LogP contribution >= 0.6 is 11.3 Å². The Morgan fingerprint density at radius 2 is 2.03 bits per heavy atom. The lowest BCUT2D eigenvalue weighted by molar-refractivity contribution is -0.118. The standard InChI is InChI=1S/C20H20N4O6S2/c1-12-16-19(26)24(11-15(21)25)32(27,28)23(9-7-13-5-3-4-6-14(13)29-2)20(16)31-17(12)18-22-8-10-30-18/h3-6,8,10H,7,9,11H2,1-2H3,(H2,21,25). The van der Waals surface area contributed by atoms with Gasteiger partial charge in [-0.05, 0) is 30.5 Å². The number of ether oxygens (including phenoxy) is 1. The Balaban J connectivity index is 1.82. The van der Waals surface area contributed by atoms with E-state index in [1.165, 1.54) is 19.6 Å². The molecular weight excluding hydrogens is 456 g/mol. The zero-order chi connectivity index (χ0) is 23.0. The average molecular weight is 477 g/mol. The minimum atomic E-state index is -4.35. The minimum absolute atomic E-state index is 0.0171.